The van der Waals surface area contributed by atoms with Gasteiger partial charge in [-0.1, -0.05) is 6.92 Å². The highest BCUT2D eigenvalue weighted by Gasteiger charge is 2.35. The van der Waals surface area contributed by atoms with Gasteiger partial charge in [-0.2, -0.15) is 0 Å². The molecule has 1 aromatic carbocycles. The number of anilines is 1. The Morgan fingerprint density at radius 1 is 1.42 bits per heavy atom. The Morgan fingerprint density at radius 3 is 2.68 bits per heavy atom. The van der Waals surface area contributed by atoms with Crippen LogP contribution in [0.3, 0.4) is 0 Å². The van der Waals surface area contributed by atoms with Gasteiger partial charge in [0.1, 0.15) is 5.25 Å². The number of nitrogens with zero attached hydrogens (tertiary/aromatic N) is 1. The molecule has 102 valence electrons. The zero-order chi connectivity index (χ0) is 14.2. The van der Waals surface area contributed by atoms with Gasteiger partial charge in [-0.25, -0.2) is 0 Å². The zero-order valence-electron chi connectivity index (χ0n) is 11.3. The predicted octanol–water partition coefficient (Wildman–Crippen LogP) is 2.14. The highest BCUT2D eigenvalue weighted by atomic mass is 32.2. The number of Topliss-reactive ketones (excluding diaryl/α,β-unsaturated/α-hetero) is 1. The molecule has 4 nitrogen and oxygen atoms in total. The average Bonchev–Trinajstić information content (AvgIpc) is 2.40. The second-order valence-electron chi connectivity index (χ2n) is 4.67. The van der Waals surface area contributed by atoms with Gasteiger partial charge >= 0.3 is 0 Å². The van der Waals surface area contributed by atoms with Crippen LogP contribution in [-0.2, 0) is 15.6 Å². The van der Waals surface area contributed by atoms with E-state index in [0.29, 0.717) is 22.7 Å². The van der Waals surface area contributed by atoms with E-state index in [2.05, 4.69) is 0 Å². The number of amides is 1. The Balaban J connectivity index is 2.57. The fourth-order valence-corrected chi connectivity index (χ4v) is 3.51. The van der Waals surface area contributed by atoms with Crippen molar-refractivity contribution in [3.05, 3.63) is 23.8 Å². The van der Waals surface area contributed by atoms with Gasteiger partial charge in [0.05, 0.1) is 21.4 Å². The molecule has 0 bridgehead atoms. The maximum Gasteiger partial charge on any atom is 0.242 e. The van der Waals surface area contributed by atoms with Crippen LogP contribution in [0, 0.1) is 0 Å². The quantitative estimate of drug-likeness (QED) is 0.797. The first-order valence-corrected chi connectivity index (χ1v) is 7.55. The molecule has 2 unspecified atom stereocenters. The molecule has 0 spiro atoms. The first-order chi connectivity index (χ1) is 8.97. The fraction of sp³-hybridized carbons (Fsp3) is 0.429. The third kappa shape index (κ3) is 2.34. The second kappa shape index (κ2) is 5.25. The summed E-state index contributed by atoms with van der Waals surface area (Å²) in [6.07, 6.45) is 0.832. The third-order valence-electron chi connectivity index (χ3n) is 3.26. The van der Waals surface area contributed by atoms with E-state index in [1.165, 1.54) is 6.92 Å². The molecule has 1 amide bonds. The Labute approximate surface area is 115 Å². The highest BCUT2D eigenvalue weighted by molar-refractivity contribution is 7.86. The van der Waals surface area contributed by atoms with E-state index in [0.717, 1.165) is 6.42 Å². The van der Waals surface area contributed by atoms with Crippen LogP contribution in [0.15, 0.2) is 23.1 Å². The lowest BCUT2D eigenvalue weighted by Gasteiger charge is -2.32. The lowest BCUT2D eigenvalue weighted by molar-refractivity contribution is -0.118. The third-order valence-corrected chi connectivity index (χ3v) is 4.86. The van der Waals surface area contributed by atoms with E-state index in [-0.39, 0.29) is 11.7 Å². The molecule has 2 atom stereocenters. The molecule has 0 saturated heterocycles. The van der Waals surface area contributed by atoms with Gasteiger partial charge in [0, 0.05) is 12.1 Å². The van der Waals surface area contributed by atoms with Crippen molar-refractivity contribution in [1.29, 1.82) is 0 Å². The van der Waals surface area contributed by atoms with Gasteiger partial charge < -0.3 is 4.90 Å². The van der Waals surface area contributed by atoms with Gasteiger partial charge in [-0.3, -0.25) is 13.8 Å². The predicted molar refractivity (Wildman–Crippen MR) is 75.0 cm³/mol. The summed E-state index contributed by atoms with van der Waals surface area (Å²) < 4.78 is 12.3. The van der Waals surface area contributed by atoms with Crippen LogP contribution in [0.4, 0.5) is 5.69 Å². The summed E-state index contributed by atoms with van der Waals surface area (Å²) in [5.41, 5.74) is 1.21. The maximum atomic E-state index is 12.3. The van der Waals surface area contributed by atoms with Crippen molar-refractivity contribution in [2.24, 2.45) is 0 Å². The Morgan fingerprint density at radius 2 is 2.11 bits per heavy atom. The summed E-state index contributed by atoms with van der Waals surface area (Å²) in [5, 5.41) is -0.554. The minimum atomic E-state index is -1.38. The minimum Gasteiger partial charge on any atom is -0.310 e. The van der Waals surface area contributed by atoms with E-state index in [9.17, 15) is 13.8 Å². The number of benzene rings is 1. The van der Waals surface area contributed by atoms with Crippen LogP contribution >= 0.6 is 0 Å². The summed E-state index contributed by atoms with van der Waals surface area (Å²) in [5.74, 6) is -0.172. The molecule has 0 aliphatic carbocycles. The van der Waals surface area contributed by atoms with Crippen molar-refractivity contribution in [3.8, 4) is 0 Å². The smallest absolute Gasteiger partial charge is 0.242 e. The van der Waals surface area contributed by atoms with Crippen LogP contribution < -0.4 is 4.90 Å². The summed E-state index contributed by atoms with van der Waals surface area (Å²) in [6.45, 7) is 5.75. The molecule has 1 aromatic rings. The van der Waals surface area contributed by atoms with Crippen molar-refractivity contribution < 1.29 is 13.8 Å². The molecule has 2 rings (SSSR count). The molecule has 0 saturated carbocycles. The van der Waals surface area contributed by atoms with E-state index < -0.39 is 16.0 Å². The van der Waals surface area contributed by atoms with Gasteiger partial charge in [0.25, 0.3) is 0 Å². The minimum absolute atomic E-state index is 0.0635. The maximum absolute atomic E-state index is 12.3. The number of carbonyl (C=O) groups excluding carboxylic acids is 2. The molecule has 1 heterocycles. The SMILES string of the molecule is CCCN1C(=O)C(C)S(=O)c2cc(C(C)=O)ccc21. The highest BCUT2D eigenvalue weighted by Crippen LogP contribution is 2.33. The number of hydrogen-bond donors (Lipinski definition) is 0. The second-order valence-corrected chi connectivity index (χ2v) is 6.41. The number of hydrogen-bond acceptors (Lipinski definition) is 3. The molecule has 5 heteroatoms. The van der Waals surface area contributed by atoms with E-state index >= 15 is 0 Å². The Kier molecular flexibility index (Phi) is 3.85. The molecular formula is C14H17NO3S. The molecule has 1 aliphatic rings. The van der Waals surface area contributed by atoms with Crippen LogP contribution in [0.5, 0.6) is 0 Å². The monoisotopic (exact) mass is 279 g/mol. The molecule has 0 radical (unpaired) electrons. The number of fused-ring (bicyclic) bond motifs is 1. The molecule has 0 N–H and O–H groups in total. The standard InChI is InChI=1S/C14H17NO3S/c1-4-7-15-12-6-5-11(9(2)16)8-13(12)19(18)10(3)14(15)17/h5-6,8,10H,4,7H2,1-3H3. The van der Waals surface area contributed by atoms with Crippen molar-refractivity contribution >= 4 is 28.2 Å². The lowest BCUT2D eigenvalue weighted by Crippen LogP contribution is -2.44. The fourth-order valence-electron chi connectivity index (χ4n) is 2.19. The van der Waals surface area contributed by atoms with Gasteiger partial charge in [0.15, 0.2) is 5.78 Å². The summed E-state index contributed by atoms with van der Waals surface area (Å²) in [4.78, 5) is 25.8. The normalized spacial score (nSPS) is 22.3. The van der Waals surface area contributed by atoms with E-state index in [1.807, 2.05) is 6.92 Å². The van der Waals surface area contributed by atoms with Crippen molar-refractivity contribution in [2.45, 2.75) is 37.3 Å². The van der Waals surface area contributed by atoms with Gasteiger partial charge in [0.2, 0.25) is 5.91 Å². The average molecular weight is 279 g/mol. The lowest BCUT2D eigenvalue weighted by atomic mass is 10.1. The number of rotatable bonds is 3. The van der Waals surface area contributed by atoms with Crippen LogP contribution in [0.2, 0.25) is 0 Å². The van der Waals surface area contributed by atoms with E-state index in [4.69, 9.17) is 0 Å². The van der Waals surface area contributed by atoms with E-state index in [1.54, 1.807) is 30.0 Å². The number of ketones is 1. The first kappa shape index (κ1) is 13.9. The van der Waals surface area contributed by atoms with Crippen molar-refractivity contribution in [1.82, 2.24) is 0 Å². The zero-order valence-corrected chi connectivity index (χ0v) is 12.1. The largest absolute Gasteiger partial charge is 0.310 e. The van der Waals surface area contributed by atoms with Crippen molar-refractivity contribution in [3.63, 3.8) is 0 Å². The molecule has 1 aliphatic heterocycles. The number of carbonyl (C=O) groups is 2. The summed E-state index contributed by atoms with van der Waals surface area (Å²) in [6, 6.07) is 5.06. The summed E-state index contributed by atoms with van der Waals surface area (Å²) in [7, 11) is -1.38. The van der Waals surface area contributed by atoms with Crippen LogP contribution in [0.1, 0.15) is 37.6 Å². The summed E-state index contributed by atoms with van der Waals surface area (Å²) >= 11 is 0. The van der Waals surface area contributed by atoms with Gasteiger partial charge in [-0.05, 0) is 38.5 Å². The van der Waals surface area contributed by atoms with Crippen LogP contribution in [-0.4, -0.2) is 27.7 Å². The Bertz CT molecular complexity index is 568. The molecule has 0 fully saturated rings. The van der Waals surface area contributed by atoms with Gasteiger partial charge in [-0.15, -0.1) is 0 Å². The van der Waals surface area contributed by atoms with Crippen molar-refractivity contribution in [2.75, 3.05) is 11.4 Å². The molecule has 19 heavy (non-hydrogen) atoms. The molecule has 0 aromatic heterocycles. The Hall–Kier alpha value is -1.49. The first-order valence-electron chi connectivity index (χ1n) is 6.34. The topological polar surface area (TPSA) is 54.5 Å². The molecular weight excluding hydrogens is 262 g/mol. The van der Waals surface area contributed by atoms with Crippen LogP contribution in [0.25, 0.3) is 0 Å².